The van der Waals surface area contributed by atoms with E-state index in [0.717, 1.165) is 24.9 Å². The van der Waals surface area contributed by atoms with E-state index < -0.39 is 0 Å². The lowest BCUT2D eigenvalue weighted by Gasteiger charge is -2.26. The lowest BCUT2D eigenvalue weighted by molar-refractivity contribution is 0.278. The number of amidine groups is 1. The number of nitrogens with one attached hydrogen (secondary N) is 1. The first-order valence-electron chi connectivity index (χ1n) is 8.37. The molecule has 0 aromatic carbocycles. The van der Waals surface area contributed by atoms with E-state index >= 15 is 0 Å². The van der Waals surface area contributed by atoms with Crippen molar-refractivity contribution in [1.82, 2.24) is 5.32 Å². The summed E-state index contributed by atoms with van der Waals surface area (Å²) >= 11 is 1.96. The number of hydrogen-bond donors (Lipinski definition) is 1. The summed E-state index contributed by atoms with van der Waals surface area (Å²) in [6, 6.07) is 0. The number of rotatable bonds is 4. The quantitative estimate of drug-likeness (QED) is 0.813. The molecule has 0 radical (unpaired) electrons. The van der Waals surface area contributed by atoms with Gasteiger partial charge in [0.15, 0.2) is 5.17 Å². The SMILES string of the molecule is CC1CCC(CCNC2=NCC(CC(C)(C)C)S2)CC1. The van der Waals surface area contributed by atoms with Crippen LogP contribution in [0.3, 0.4) is 0 Å². The predicted octanol–water partition coefficient (Wildman–Crippen LogP) is 4.70. The third-order valence-corrected chi connectivity index (χ3v) is 5.67. The molecule has 2 nitrogen and oxygen atoms in total. The van der Waals surface area contributed by atoms with Crippen LogP contribution in [-0.4, -0.2) is 23.5 Å². The van der Waals surface area contributed by atoms with Crippen molar-refractivity contribution in [3.63, 3.8) is 0 Å². The largest absolute Gasteiger partial charge is 0.365 e. The molecule has 2 aliphatic rings. The molecular formula is C17H32N2S. The van der Waals surface area contributed by atoms with Gasteiger partial charge in [0, 0.05) is 11.8 Å². The predicted molar refractivity (Wildman–Crippen MR) is 91.5 cm³/mol. The highest BCUT2D eigenvalue weighted by Crippen LogP contribution is 2.32. The Labute approximate surface area is 129 Å². The van der Waals surface area contributed by atoms with Crippen molar-refractivity contribution in [2.75, 3.05) is 13.1 Å². The number of hydrogen-bond acceptors (Lipinski definition) is 3. The number of aliphatic imine (C=N–C) groups is 1. The van der Waals surface area contributed by atoms with E-state index in [4.69, 9.17) is 0 Å². The molecule has 1 unspecified atom stereocenters. The molecule has 0 amide bonds. The van der Waals surface area contributed by atoms with Crippen molar-refractivity contribution in [2.24, 2.45) is 22.2 Å². The van der Waals surface area contributed by atoms with Crippen LogP contribution in [-0.2, 0) is 0 Å². The summed E-state index contributed by atoms with van der Waals surface area (Å²) < 4.78 is 0. The van der Waals surface area contributed by atoms with Gasteiger partial charge in [0.05, 0.1) is 6.54 Å². The van der Waals surface area contributed by atoms with Crippen LogP contribution < -0.4 is 5.32 Å². The molecule has 1 N–H and O–H groups in total. The second-order valence-electron chi connectivity index (χ2n) is 7.99. The maximum Gasteiger partial charge on any atom is 0.156 e. The maximum absolute atomic E-state index is 4.66. The molecule has 0 bridgehead atoms. The molecule has 20 heavy (non-hydrogen) atoms. The van der Waals surface area contributed by atoms with Crippen molar-refractivity contribution < 1.29 is 0 Å². The van der Waals surface area contributed by atoms with Gasteiger partial charge in [-0.3, -0.25) is 4.99 Å². The molecule has 0 aromatic heterocycles. The van der Waals surface area contributed by atoms with Crippen LogP contribution in [0.1, 0.15) is 66.2 Å². The molecule has 0 spiro atoms. The summed E-state index contributed by atoms with van der Waals surface area (Å²) in [5, 5.41) is 5.45. The molecule has 1 fully saturated rings. The van der Waals surface area contributed by atoms with E-state index in [1.165, 1.54) is 43.7 Å². The van der Waals surface area contributed by atoms with Gasteiger partial charge in [0.25, 0.3) is 0 Å². The van der Waals surface area contributed by atoms with Crippen molar-refractivity contribution in [3.8, 4) is 0 Å². The fraction of sp³-hybridized carbons (Fsp3) is 0.941. The number of thioether (sulfide) groups is 1. The Balaban J connectivity index is 1.59. The average Bonchev–Trinajstić information content (AvgIpc) is 2.77. The van der Waals surface area contributed by atoms with E-state index in [0.29, 0.717) is 10.7 Å². The van der Waals surface area contributed by atoms with Gasteiger partial charge in [0.2, 0.25) is 0 Å². The van der Waals surface area contributed by atoms with Gasteiger partial charge >= 0.3 is 0 Å². The van der Waals surface area contributed by atoms with Gasteiger partial charge in [-0.05, 0) is 30.1 Å². The zero-order chi connectivity index (χ0) is 14.6. The molecule has 3 heteroatoms. The molecule has 2 rings (SSSR count). The molecule has 0 aromatic rings. The Morgan fingerprint density at radius 2 is 1.90 bits per heavy atom. The Morgan fingerprint density at radius 1 is 1.20 bits per heavy atom. The Bertz CT molecular complexity index is 324. The van der Waals surface area contributed by atoms with Crippen molar-refractivity contribution in [2.45, 2.75) is 71.5 Å². The molecule has 1 aliphatic carbocycles. The fourth-order valence-electron chi connectivity index (χ4n) is 3.30. The van der Waals surface area contributed by atoms with E-state index in [1.54, 1.807) is 0 Å². The third kappa shape index (κ3) is 5.67. The van der Waals surface area contributed by atoms with Gasteiger partial charge in [-0.15, -0.1) is 0 Å². The maximum atomic E-state index is 4.66. The van der Waals surface area contributed by atoms with Crippen molar-refractivity contribution in [1.29, 1.82) is 0 Å². The third-order valence-electron chi connectivity index (χ3n) is 4.52. The lowest BCUT2D eigenvalue weighted by Crippen LogP contribution is -2.24. The van der Waals surface area contributed by atoms with E-state index in [1.807, 2.05) is 11.8 Å². The van der Waals surface area contributed by atoms with Gasteiger partial charge in [-0.1, -0.05) is 65.1 Å². The normalized spacial score (nSPS) is 31.2. The molecule has 1 heterocycles. The minimum absolute atomic E-state index is 0.418. The summed E-state index contributed by atoms with van der Waals surface area (Å²) in [5.41, 5.74) is 0.418. The monoisotopic (exact) mass is 296 g/mol. The fourth-order valence-corrected chi connectivity index (χ4v) is 4.69. The summed E-state index contributed by atoms with van der Waals surface area (Å²) in [4.78, 5) is 4.66. The lowest BCUT2D eigenvalue weighted by atomic mass is 9.81. The minimum atomic E-state index is 0.418. The summed E-state index contributed by atoms with van der Waals surface area (Å²) in [6.07, 6.45) is 8.34. The van der Waals surface area contributed by atoms with Crippen molar-refractivity contribution >= 4 is 16.9 Å². The van der Waals surface area contributed by atoms with Crippen LogP contribution in [0.5, 0.6) is 0 Å². The highest BCUT2D eigenvalue weighted by molar-refractivity contribution is 8.14. The highest BCUT2D eigenvalue weighted by Gasteiger charge is 2.25. The first-order chi connectivity index (χ1) is 9.42. The molecule has 1 aliphatic heterocycles. The molecule has 0 saturated heterocycles. The molecular weight excluding hydrogens is 264 g/mol. The average molecular weight is 297 g/mol. The zero-order valence-corrected chi connectivity index (χ0v) is 14.6. The van der Waals surface area contributed by atoms with Crippen LogP contribution in [0.2, 0.25) is 0 Å². The Morgan fingerprint density at radius 3 is 2.55 bits per heavy atom. The molecule has 116 valence electrons. The standard InChI is InChI=1S/C17H32N2S/c1-13-5-7-14(8-6-13)9-10-18-16-19-12-15(20-16)11-17(2,3)4/h13-15H,5-12H2,1-4H3,(H,18,19). The number of nitrogens with zero attached hydrogens (tertiary/aromatic N) is 1. The Kier molecular flexibility index (Phi) is 5.83. The first kappa shape index (κ1) is 16.2. The van der Waals surface area contributed by atoms with E-state index in [2.05, 4.69) is 38.0 Å². The van der Waals surface area contributed by atoms with Crippen LogP contribution in [0, 0.1) is 17.3 Å². The summed E-state index contributed by atoms with van der Waals surface area (Å²) in [7, 11) is 0. The van der Waals surface area contributed by atoms with Crippen LogP contribution in [0.25, 0.3) is 0 Å². The summed E-state index contributed by atoms with van der Waals surface area (Å²) in [6.45, 7) is 11.5. The highest BCUT2D eigenvalue weighted by atomic mass is 32.2. The van der Waals surface area contributed by atoms with Crippen LogP contribution >= 0.6 is 11.8 Å². The van der Waals surface area contributed by atoms with Gasteiger partial charge < -0.3 is 5.32 Å². The van der Waals surface area contributed by atoms with Gasteiger partial charge in [-0.2, -0.15) is 0 Å². The summed E-state index contributed by atoms with van der Waals surface area (Å²) in [5.74, 6) is 1.92. The first-order valence-corrected chi connectivity index (χ1v) is 9.25. The van der Waals surface area contributed by atoms with E-state index in [9.17, 15) is 0 Å². The molecule has 1 atom stereocenters. The Hall–Kier alpha value is -0.180. The van der Waals surface area contributed by atoms with E-state index in [-0.39, 0.29) is 0 Å². The topological polar surface area (TPSA) is 24.4 Å². The van der Waals surface area contributed by atoms with Crippen LogP contribution in [0.4, 0.5) is 0 Å². The van der Waals surface area contributed by atoms with Crippen LogP contribution in [0.15, 0.2) is 4.99 Å². The second kappa shape index (κ2) is 7.20. The molecule has 1 saturated carbocycles. The minimum Gasteiger partial charge on any atom is -0.365 e. The van der Waals surface area contributed by atoms with Crippen molar-refractivity contribution in [3.05, 3.63) is 0 Å². The smallest absolute Gasteiger partial charge is 0.156 e. The van der Waals surface area contributed by atoms with Gasteiger partial charge in [-0.25, -0.2) is 0 Å². The van der Waals surface area contributed by atoms with Gasteiger partial charge in [0.1, 0.15) is 0 Å². The zero-order valence-electron chi connectivity index (χ0n) is 13.7. The second-order valence-corrected chi connectivity index (χ2v) is 9.28.